The zero-order valence-electron chi connectivity index (χ0n) is 17.2. The number of hydrogen-bond acceptors (Lipinski definition) is 3. The van der Waals surface area contributed by atoms with Gasteiger partial charge in [0.1, 0.15) is 5.82 Å². The summed E-state index contributed by atoms with van der Waals surface area (Å²) in [6.45, 7) is 1.13. The van der Waals surface area contributed by atoms with Crippen LogP contribution in [0.5, 0.6) is 0 Å². The smallest absolute Gasteiger partial charge is 0.315 e. The maximum absolute atomic E-state index is 13.6. The van der Waals surface area contributed by atoms with E-state index in [9.17, 15) is 9.18 Å². The average Bonchev–Trinajstić information content (AvgIpc) is 2.62. The molecule has 0 radical (unpaired) electrons. The van der Waals surface area contributed by atoms with Crippen LogP contribution in [0.15, 0.2) is 54.6 Å². The van der Waals surface area contributed by atoms with E-state index in [1.165, 1.54) is 17.7 Å². The number of amides is 2. The highest BCUT2D eigenvalue weighted by Crippen LogP contribution is 2.18. The van der Waals surface area contributed by atoms with Gasteiger partial charge in [-0.1, -0.05) is 42.5 Å². The third kappa shape index (κ3) is 7.29. The summed E-state index contributed by atoms with van der Waals surface area (Å²) in [5, 5.41) is 6.01. The molecule has 2 rings (SSSR count). The van der Waals surface area contributed by atoms with E-state index in [4.69, 9.17) is 0 Å². The lowest BCUT2D eigenvalue weighted by molar-refractivity contribution is 0.225. The van der Waals surface area contributed by atoms with Gasteiger partial charge in [-0.25, -0.2) is 9.18 Å². The molecule has 2 unspecified atom stereocenters. The van der Waals surface area contributed by atoms with Crippen LogP contribution in [0, 0.1) is 5.82 Å². The lowest BCUT2D eigenvalue weighted by Crippen LogP contribution is -2.48. The predicted octanol–water partition coefficient (Wildman–Crippen LogP) is 2.90. The van der Waals surface area contributed by atoms with Crippen LogP contribution in [0.25, 0.3) is 0 Å². The fourth-order valence-electron chi connectivity index (χ4n) is 3.24. The van der Waals surface area contributed by atoms with E-state index in [2.05, 4.69) is 27.7 Å². The Morgan fingerprint density at radius 1 is 1.04 bits per heavy atom. The SMILES string of the molecule is CN(C)CC(Cc1ccccc1)NC(=O)NCC(c1cccc(F)c1)N(C)C. The Morgan fingerprint density at radius 2 is 1.75 bits per heavy atom. The van der Waals surface area contributed by atoms with Gasteiger partial charge in [-0.15, -0.1) is 0 Å². The molecule has 152 valence electrons. The Bertz CT molecular complexity index is 736. The Hall–Kier alpha value is -2.44. The quantitative estimate of drug-likeness (QED) is 0.697. The molecule has 5 nitrogen and oxygen atoms in total. The van der Waals surface area contributed by atoms with Crippen LogP contribution in [-0.4, -0.2) is 63.2 Å². The minimum atomic E-state index is -0.275. The van der Waals surface area contributed by atoms with Crippen molar-refractivity contribution < 1.29 is 9.18 Å². The van der Waals surface area contributed by atoms with Gasteiger partial charge in [-0.05, 0) is 57.9 Å². The molecule has 2 aromatic rings. The summed E-state index contributed by atoms with van der Waals surface area (Å²) >= 11 is 0. The molecule has 0 bridgehead atoms. The fraction of sp³-hybridized carbons (Fsp3) is 0.409. The summed E-state index contributed by atoms with van der Waals surface area (Å²) in [6.07, 6.45) is 0.757. The van der Waals surface area contributed by atoms with Gasteiger partial charge in [0, 0.05) is 19.1 Å². The predicted molar refractivity (Wildman–Crippen MR) is 112 cm³/mol. The zero-order valence-corrected chi connectivity index (χ0v) is 17.2. The monoisotopic (exact) mass is 386 g/mol. The van der Waals surface area contributed by atoms with E-state index >= 15 is 0 Å². The van der Waals surface area contributed by atoms with Crippen molar-refractivity contribution in [3.05, 3.63) is 71.5 Å². The summed E-state index contributed by atoms with van der Waals surface area (Å²) in [5.74, 6) is -0.275. The van der Waals surface area contributed by atoms with Crippen LogP contribution in [0.3, 0.4) is 0 Å². The molecule has 2 aromatic carbocycles. The summed E-state index contributed by atoms with van der Waals surface area (Å²) in [5.41, 5.74) is 2.01. The highest BCUT2D eigenvalue weighted by atomic mass is 19.1. The number of carbonyl (C=O) groups excluding carboxylic acids is 1. The third-order valence-electron chi connectivity index (χ3n) is 4.56. The number of likely N-dealkylation sites (N-methyl/N-ethyl adjacent to an activating group) is 2. The number of benzene rings is 2. The molecule has 0 spiro atoms. The van der Waals surface area contributed by atoms with Gasteiger partial charge in [0.2, 0.25) is 0 Å². The molecule has 0 saturated carbocycles. The molecule has 2 N–H and O–H groups in total. The summed E-state index contributed by atoms with van der Waals surface area (Å²) in [7, 11) is 7.81. The number of rotatable bonds is 9. The van der Waals surface area contributed by atoms with Gasteiger partial charge >= 0.3 is 6.03 Å². The van der Waals surface area contributed by atoms with Crippen LogP contribution >= 0.6 is 0 Å². The lowest BCUT2D eigenvalue weighted by Gasteiger charge is -2.27. The van der Waals surface area contributed by atoms with E-state index in [1.54, 1.807) is 6.07 Å². The van der Waals surface area contributed by atoms with Crippen LogP contribution < -0.4 is 10.6 Å². The van der Waals surface area contributed by atoms with Gasteiger partial charge < -0.3 is 20.4 Å². The normalized spacial score (nSPS) is 13.4. The molecule has 0 aliphatic rings. The minimum Gasteiger partial charge on any atom is -0.336 e. The first kappa shape index (κ1) is 21.9. The maximum Gasteiger partial charge on any atom is 0.315 e. The van der Waals surface area contributed by atoms with Gasteiger partial charge in [-0.2, -0.15) is 0 Å². The fourth-order valence-corrected chi connectivity index (χ4v) is 3.24. The van der Waals surface area contributed by atoms with Crippen molar-refractivity contribution >= 4 is 6.03 Å². The first-order chi connectivity index (χ1) is 13.3. The highest BCUT2D eigenvalue weighted by Gasteiger charge is 2.18. The molecule has 6 heteroatoms. The van der Waals surface area contributed by atoms with E-state index in [-0.39, 0.29) is 23.9 Å². The van der Waals surface area contributed by atoms with Crippen molar-refractivity contribution in [1.82, 2.24) is 20.4 Å². The lowest BCUT2D eigenvalue weighted by atomic mass is 10.1. The van der Waals surface area contributed by atoms with Crippen molar-refractivity contribution in [3.63, 3.8) is 0 Å². The van der Waals surface area contributed by atoms with Crippen LogP contribution in [0.1, 0.15) is 17.2 Å². The minimum absolute atomic E-state index is 0.00984. The Morgan fingerprint density at radius 3 is 2.36 bits per heavy atom. The van der Waals surface area contributed by atoms with E-state index < -0.39 is 0 Å². The largest absolute Gasteiger partial charge is 0.336 e. The van der Waals surface area contributed by atoms with Gasteiger partial charge in [0.15, 0.2) is 0 Å². The zero-order chi connectivity index (χ0) is 20.5. The van der Waals surface area contributed by atoms with E-state index in [1.807, 2.05) is 57.4 Å². The topological polar surface area (TPSA) is 47.6 Å². The highest BCUT2D eigenvalue weighted by molar-refractivity contribution is 5.74. The van der Waals surface area contributed by atoms with E-state index in [0.29, 0.717) is 6.54 Å². The van der Waals surface area contributed by atoms with Crippen molar-refractivity contribution in [2.24, 2.45) is 0 Å². The molecule has 0 aliphatic heterocycles. The second-order valence-electron chi connectivity index (χ2n) is 7.54. The molecule has 0 aliphatic carbocycles. The molecule has 0 aromatic heterocycles. The van der Waals surface area contributed by atoms with Gasteiger partial charge in [0.05, 0.1) is 6.04 Å². The Balaban J connectivity index is 1.96. The summed E-state index contributed by atoms with van der Waals surface area (Å²) < 4.78 is 13.6. The van der Waals surface area contributed by atoms with Gasteiger partial charge in [-0.3, -0.25) is 0 Å². The van der Waals surface area contributed by atoms with Crippen LogP contribution in [0.4, 0.5) is 9.18 Å². The first-order valence-corrected chi connectivity index (χ1v) is 9.50. The Kier molecular flexibility index (Phi) is 8.42. The van der Waals surface area contributed by atoms with E-state index in [0.717, 1.165) is 18.5 Å². The van der Waals surface area contributed by atoms with Crippen molar-refractivity contribution in [2.45, 2.75) is 18.5 Å². The summed E-state index contributed by atoms with van der Waals surface area (Å²) in [4.78, 5) is 16.5. The van der Waals surface area contributed by atoms with Crippen molar-refractivity contribution in [2.75, 3.05) is 41.3 Å². The molecule has 2 amide bonds. The third-order valence-corrected chi connectivity index (χ3v) is 4.56. The molecular weight excluding hydrogens is 355 g/mol. The second-order valence-corrected chi connectivity index (χ2v) is 7.54. The van der Waals surface area contributed by atoms with Crippen LogP contribution in [-0.2, 0) is 6.42 Å². The second kappa shape index (κ2) is 10.8. The van der Waals surface area contributed by atoms with Gasteiger partial charge in [0.25, 0.3) is 0 Å². The van der Waals surface area contributed by atoms with Crippen LogP contribution in [0.2, 0.25) is 0 Å². The number of nitrogens with zero attached hydrogens (tertiary/aromatic N) is 2. The van der Waals surface area contributed by atoms with Crippen molar-refractivity contribution in [3.8, 4) is 0 Å². The maximum atomic E-state index is 13.6. The number of carbonyl (C=O) groups is 1. The molecular formula is C22H31FN4O. The molecule has 28 heavy (non-hydrogen) atoms. The standard InChI is InChI=1S/C22H31FN4O/c1-26(2)16-20(13-17-9-6-5-7-10-17)25-22(28)24-15-21(27(3)4)18-11-8-12-19(23)14-18/h5-12,14,20-21H,13,15-16H2,1-4H3,(H2,24,25,28). The molecule has 0 heterocycles. The Labute approximate surface area is 167 Å². The molecule has 0 fully saturated rings. The van der Waals surface area contributed by atoms with Crippen molar-refractivity contribution in [1.29, 1.82) is 0 Å². The molecule has 0 saturated heterocycles. The number of nitrogens with one attached hydrogen (secondary N) is 2. The number of urea groups is 1. The first-order valence-electron chi connectivity index (χ1n) is 9.50. The number of hydrogen-bond donors (Lipinski definition) is 2. The average molecular weight is 387 g/mol. The molecule has 2 atom stereocenters. The summed E-state index contributed by atoms with van der Waals surface area (Å²) in [6, 6.07) is 16.3. The number of halogens is 1.